The molecule has 7 nitrogen and oxygen atoms in total. The standard InChI is InChI=1S/C13H15N5O2S/c1-18(2)12(20)7-3-4-9(8(14)5-7)21-13-16-10(15)6-11(19)17-13/h3-6H,14H2,1-2H3,(H3,15,16,17,19). The smallest absolute Gasteiger partial charge is 0.253 e. The van der Waals surface area contributed by atoms with E-state index in [9.17, 15) is 9.59 Å². The van der Waals surface area contributed by atoms with Crippen LogP contribution in [0.3, 0.4) is 0 Å². The molecule has 110 valence electrons. The zero-order valence-electron chi connectivity index (χ0n) is 11.6. The maximum atomic E-state index is 11.8. The minimum atomic E-state index is -0.331. The quantitative estimate of drug-likeness (QED) is 0.570. The van der Waals surface area contributed by atoms with E-state index in [1.165, 1.54) is 22.7 Å². The zero-order valence-corrected chi connectivity index (χ0v) is 12.4. The van der Waals surface area contributed by atoms with Gasteiger partial charge in [-0.2, -0.15) is 0 Å². The van der Waals surface area contributed by atoms with Crippen LogP contribution in [-0.4, -0.2) is 34.9 Å². The lowest BCUT2D eigenvalue weighted by Crippen LogP contribution is -2.21. The molecule has 0 bridgehead atoms. The molecule has 0 aliphatic carbocycles. The summed E-state index contributed by atoms with van der Waals surface area (Å²) < 4.78 is 0. The summed E-state index contributed by atoms with van der Waals surface area (Å²) in [5.74, 6) is 0.00737. The van der Waals surface area contributed by atoms with Crippen LogP contribution in [0.25, 0.3) is 0 Å². The van der Waals surface area contributed by atoms with E-state index in [1.807, 2.05) is 0 Å². The van der Waals surface area contributed by atoms with Crippen LogP contribution >= 0.6 is 11.8 Å². The van der Waals surface area contributed by atoms with E-state index in [1.54, 1.807) is 32.3 Å². The average Bonchev–Trinajstić information content (AvgIpc) is 2.39. The number of nitrogens with two attached hydrogens (primary N) is 2. The Morgan fingerprint density at radius 1 is 1.29 bits per heavy atom. The Bertz CT molecular complexity index is 742. The first-order valence-electron chi connectivity index (χ1n) is 6.02. The van der Waals surface area contributed by atoms with Crippen molar-refractivity contribution in [3.05, 3.63) is 40.2 Å². The van der Waals surface area contributed by atoms with Gasteiger partial charge in [-0.25, -0.2) is 4.98 Å². The minimum Gasteiger partial charge on any atom is -0.398 e. The molecule has 0 unspecified atom stereocenters. The topological polar surface area (TPSA) is 118 Å². The molecular formula is C13H15N5O2S. The Morgan fingerprint density at radius 2 is 2.00 bits per heavy atom. The van der Waals surface area contributed by atoms with Crippen molar-refractivity contribution >= 4 is 29.2 Å². The molecule has 1 heterocycles. The van der Waals surface area contributed by atoms with Crippen LogP contribution in [0.5, 0.6) is 0 Å². The number of hydrogen-bond donors (Lipinski definition) is 3. The average molecular weight is 305 g/mol. The number of nitrogens with one attached hydrogen (secondary N) is 1. The molecule has 0 saturated carbocycles. The molecule has 2 aromatic rings. The molecular weight excluding hydrogens is 290 g/mol. The van der Waals surface area contributed by atoms with Crippen molar-refractivity contribution in [1.29, 1.82) is 0 Å². The predicted octanol–water partition coefficient (Wildman–Crippen LogP) is 0.787. The highest BCUT2D eigenvalue weighted by Gasteiger charge is 2.11. The van der Waals surface area contributed by atoms with Crippen molar-refractivity contribution in [2.75, 3.05) is 25.6 Å². The lowest BCUT2D eigenvalue weighted by Gasteiger charge is -2.12. The third kappa shape index (κ3) is 3.54. The van der Waals surface area contributed by atoms with Crippen molar-refractivity contribution < 1.29 is 4.79 Å². The van der Waals surface area contributed by atoms with Gasteiger partial charge in [0, 0.05) is 36.3 Å². The first-order chi connectivity index (χ1) is 9.86. The zero-order chi connectivity index (χ0) is 15.6. The number of nitrogen functional groups attached to an aromatic ring is 2. The van der Waals surface area contributed by atoms with Crippen molar-refractivity contribution in [3.8, 4) is 0 Å². The molecule has 0 saturated heterocycles. The van der Waals surface area contributed by atoms with Gasteiger partial charge in [0.15, 0.2) is 5.16 Å². The van der Waals surface area contributed by atoms with E-state index in [0.29, 0.717) is 21.3 Å². The number of nitrogens with zero attached hydrogens (tertiary/aromatic N) is 2. The molecule has 1 aromatic heterocycles. The first kappa shape index (κ1) is 14.9. The van der Waals surface area contributed by atoms with Gasteiger partial charge in [0.1, 0.15) is 5.82 Å². The fraction of sp³-hybridized carbons (Fsp3) is 0.154. The van der Waals surface area contributed by atoms with E-state index in [2.05, 4.69) is 9.97 Å². The van der Waals surface area contributed by atoms with Crippen LogP contribution < -0.4 is 17.0 Å². The van der Waals surface area contributed by atoms with Crippen LogP contribution in [0.4, 0.5) is 11.5 Å². The molecule has 5 N–H and O–H groups in total. The monoisotopic (exact) mass is 305 g/mol. The third-order valence-corrected chi connectivity index (χ3v) is 3.59. The van der Waals surface area contributed by atoms with Crippen molar-refractivity contribution in [2.24, 2.45) is 0 Å². The summed E-state index contributed by atoms with van der Waals surface area (Å²) in [5.41, 5.74) is 12.1. The summed E-state index contributed by atoms with van der Waals surface area (Å²) in [7, 11) is 3.34. The maximum Gasteiger partial charge on any atom is 0.253 e. The number of benzene rings is 1. The number of H-pyrrole nitrogens is 1. The number of aromatic amines is 1. The molecule has 1 aromatic carbocycles. The number of anilines is 2. The number of carbonyl (C=O) groups is 1. The van der Waals surface area contributed by atoms with Gasteiger partial charge in [-0.05, 0) is 30.0 Å². The van der Waals surface area contributed by atoms with Gasteiger partial charge in [0.05, 0.1) is 0 Å². The Labute approximate surface area is 125 Å². The second-order valence-corrected chi connectivity index (χ2v) is 5.56. The summed E-state index contributed by atoms with van der Waals surface area (Å²) in [6.45, 7) is 0. The molecule has 21 heavy (non-hydrogen) atoms. The van der Waals surface area contributed by atoms with E-state index in [4.69, 9.17) is 11.5 Å². The largest absolute Gasteiger partial charge is 0.398 e. The normalized spacial score (nSPS) is 10.4. The number of amides is 1. The molecule has 2 rings (SSSR count). The third-order valence-electron chi connectivity index (χ3n) is 2.61. The van der Waals surface area contributed by atoms with Gasteiger partial charge in [0.25, 0.3) is 11.5 Å². The van der Waals surface area contributed by atoms with E-state index >= 15 is 0 Å². The van der Waals surface area contributed by atoms with Gasteiger partial charge >= 0.3 is 0 Å². The molecule has 0 aliphatic heterocycles. The van der Waals surface area contributed by atoms with Gasteiger partial charge in [-0.3, -0.25) is 9.59 Å². The second-order valence-electron chi connectivity index (χ2n) is 4.53. The van der Waals surface area contributed by atoms with Crippen LogP contribution in [0, 0.1) is 0 Å². The molecule has 0 fully saturated rings. The number of rotatable bonds is 3. The molecule has 0 spiro atoms. The Hall–Kier alpha value is -2.48. The highest BCUT2D eigenvalue weighted by Crippen LogP contribution is 2.30. The van der Waals surface area contributed by atoms with E-state index in [-0.39, 0.29) is 17.3 Å². The molecule has 0 aliphatic rings. The van der Waals surface area contributed by atoms with Gasteiger partial charge in [-0.15, -0.1) is 0 Å². The summed E-state index contributed by atoms with van der Waals surface area (Å²) in [4.78, 5) is 31.9. The Morgan fingerprint density at radius 3 is 2.57 bits per heavy atom. The highest BCUT2D eigenvalue weighted by atomic mass is 32.2. The summed E-state index contributed by atoms with van der Waals surface area (Å²) in [6.07, 6.45) is 0. The van der Waals surface area contributed by atoms with Crippen LogP contribution in [0.1, 0.15) is 10.4 Å². The Kier molecular flexibility index (Phi) is 4.18. The lowest BCUT2D eigenvalue weighted by atomic mass is 10.2. The van der Waals surface area contributed by atoms with Crippen molar-refractivity contribution in [3.63, 3.8) is 0 Å². The van der Waals surface area contributed by atoms with E-state index in [0.717, 1.165) is 0 Å². The lowest BCUT2D eigenvalue weighted by molar-refractivity contribution is 0.0827. The second kappa shape index (κ2) is 5.88. The number of aromatic nitrogens is 2. The fourth-order valence-corrected chi connectivity index (χ4v) is 2.46. The predicted molar refractivity (Wildman–Crippen MR) is 82.3 cm³/mol. The number of hydrogen-bond acceptors (Lipinski definition) is 6. The molecule has 0 radical (unpaired) electrons. The number of carbonyl (C=O) groups excluding carboxylic acids is 1. The first-order valence-corrected chi connectivity index (χ1v) is 6.84. The van der Waals surface area contributed by atoms with Crippen molar-refractivity contribution in [2.45, 2.75) is 10.1 Å². The minimum absolute atomic E-state index is 0.131. The summed E-state index contributed by atoms with van der Waals surface area (Å²) in [6, 6.07) is 6.17. The Balaban J connectivity index is 2.29. The molecule has 1 amide bonds. The molecule has 0 atom stereocenters. The fourth-order valence-electron chi connectivity index (χ4n) is 1.64. The van der Waals surface area contributed by atoms with Gasteiger partial charge in [-0.1, -0.05) is 0 Å². The maximum absolute atomic E-state index is 11.8. The molecule has 8 heteroatoms. The SMILES string of the molecule is CN(C)C(=O)c1ccc(Sc2nc(N)cc(=O)[nH]2)c(N)c1. The summed E-state index contributed by atoms with van der Waals surface area (Å²) >= 11 is 1.17. The highest BCUT2D eigenvalue weighted by molar-refractivity contribution is 7.99. The van der Waals surface area contributed by atoms with Crippen molar-refractivity contribution in [1.82, 2.24) is 14.9 Å². The van der Waals surface area contributed by atoms with Crippen LogP contribution in [0.2, 0.25) is 0 Å². The van der Waals surface area contributed by atoms with Gasteiger partial charge < -0.3 is 21.4 Å². The van der Waals surface area contributed by atoms with Crippen LogP contribution in [-0.2, 0) is 0 Å². The van der Waals surface area contributed by atoms with E-state index < -0.39 is 0 Å². The van der Waals surface area contributed by atoms with Gasteiger partial charge in [0.2, 0.25) is 0 Å². The van der Waals surface area contributed by atoms with Crippen LogP contribution in [0.15, 0.2) is 39.1 Å². The summed E-state index contributed by atoms with van der Waals surface area (Å²) in [5, 5.41) is 0.346.